The summed E-state index contributed by atoms with van der Waals surface area (Å²) in [5.74, 6) is 0.233. The molecule has 0 amide bonds. The van der Waals surface area contributed by atoms with Crippen molar-refractivity contribution in [1.29, 1.82) is 0 Å². The Morgan fingerprint density at radius 2 is 1.89 bits per heavy atom. The number of piperidine rings is 1. The maximum absolute atomic E-state index is 12.7. The van der Waals surface area contributed by atoms with Crippen LogP contribution in [0.5, 0.6) is 0 Å². The highest BCUT2D eigenvalue weighted by Gasteiger charge is 2.31. The number of alkyl halides is 3. The number of nitrogens with two attached hydrogens (primary N) is 1. The van der Waals surface area contributed by atoms with Crippen molar-refractivity contribution in [3.05, 3.63) is 35.4 Å². The van der Waals surface area contributed by atoms with Gasteiger partial charge < -0.3 is 10.6 Å². The monoisotopic (exact) mass is 272 g/mol. The lowest BCUT2D eigenvalue weighted by atomic mass is 9.88. The molecule has 1 aliphatic rings. The van der Waals surface area contributed by atoms with Crippen LogP contribution in [0.25, 0.3) is 0 Å². The van der Waals surface area contributed by atoms with Gasteiger partial charge in [-0.2, -0.15) is 13.2 Å². The summed E-state index contributed by atoms with van der Waals surface area (Å²) >= 11 is 0. The van der Waals surface area contributed by atoms with Crippen LogP contribution in [-0.4, -0.2) is 31.1 Å². The fourth-order valence-electron chi connectivity index (χ4n) is 2.64. The van der Waals surface area contributed by atoms with Crippen LogP contribution in [0.1, 0.15) is 29.9 Å². The highest BCUT2D eigenvalue weighted by Crippen LogP contribution is 2.33. The lowest BCUT2D eigenvalue weighted by Gasteiger charge is -2.32. The first-order valence-corrected chi connectivity index (χ1v) is 6.60. The zero-order valence-corrected chi connectivity index (χ0v) is 10.8. The average molecular weight is 272 g/mol. The predicted molar refractivity (Wildman–Crippen MR) is 68.9 cm³/mol. The van der Waals surface area contributed by atoms with Gasteiger partial charge in [0, 0.05) is 13.1 Å². The van der Waals surface area contributed by atoms with Crippen LogP contribution in [0.15, 0.2) is 24.3 Å². The van der Waals surface area contributed by atoms with Gasteiger partial charge >= 0.3 is 6.18 Å². The molecule has 1 fully saturated rings. The quantitative estimate of drug-likeness (QED) is 0.916. The molecule has 1 heterocycles. The zero-order chi connectivity index (χ0) is 13.9. The van der Waals surface area contributed by atoms with Gasteiger partial charge in [-0.1, -0.05) is 18.2 Å². The van der Waals surface area contributed by atoms with E-state index in [0.717, 1.165) is 44.1 Å². The molecule has 2 N–H and O–H groups in total. The van der Waals surface area contributed by atoms with E-state index in [1.807, 2.05) is 0 Å². The maximum Gasteiger partial charge on any atom is 0.416 e. The third-order valence-corrected chi connectivity index (χ3v) is 3.72. The molecule has 0 aliphatic carbocycles. The second-order valence-electron chi connectivity index (χ2n) is 5.03. The van der Waals surface area contributed by atoms with E-state index in [4.69, 9.17) is 5.73 Å². The number of halogens is 3. The van der Waals surface area contributed by atoms with E-state index in [-0.39, 0.29) is 5.92 Å². The van der Waals surface area contributed by atoms with E-state index in [0.29, 0.717) is 6.54 Å². The molecule has 0 aromatic heterocycles. The van der Waals surface area contributed by atoms with Crippen LogP contribution in [0.3, 0.4) is 0 Å². The molecule has 106 valence electrons. The molecule has 0 radical (unpaired) electrons. The fraction of sp³-hybridized carbons (Fsp3) is 0.571. The number of nitrogens with zero attached hydrogens (tertiary/aromatic N) is 1. The van der Waals surface area contributed by atoms with Crippen LogP contribution < -0.4 is 5.73 Å². The first kappa shape index (κ1) is 14.3. The van der Waals surface area contributed by atoms with Crippen molar-refractivity contribution in [2.24, 2.45) is 5.73 Å². The largest absolute Gasteiger partial charge is 0.416 e. The minimum absolute atomic E-state index is 0.233. The summed E-state index contributed by atoms with van der Waals surface area (Å²) in [6.07, 6.45) is -2.45. The summed E-state index contributed by atoms with van der Waals surface area (Å²) in [5.41, 5.74) is 5.77. The topological polar surface area (TPSA) is 29.3 Å². The third kappa shape index (κ3) is 3.70. The summed E-state index contributed by atoms with van der Waals surface area (Å²) in [6, 6.07) is 5.74. The van der Waals surface area contributed by atoms with Crippen LogP contribution in [0.4, 0.5) is 13.2 Å². The molecule has 0 saturated carbocycles. The van der Waals surface area contributed by atoms with Gasteiger partial charge in [0.05, 0.1) is 5.56 Å². The van der Waals surface area contributed by atoms with Crippen molar-refractivity contribution in [3.63, 3.8) is 0 Å². The molecule has 0 atom stereocenters. The molecule has 19 heavy (non-hydrogen) atoms. The lowest BCUT2D eigenvalue weighted by molar-refractivity contribution is -0.137. The van der Waals surface area contributed by atoms with Crippen molar-refractivity contribution < 1.29 is 13.2 Å². The molecule has 1 aromatic carbocycles. The van der Waals surface area contributed by atoms with Crippen molar-refractivity contribution in [2.45, 2.75) is 24.9 Å². The number of hydrogen-bond acceptors (Lipinski definition) is 2. The summed E-state index contributed by atoms with van der Waals surface area (Å²) in [7, 11) is 0. The van der Waals surface area contributed by atoms with Gasteiger partial charge in [0.25, 0.3) is 0 Å². The Labute approximate surface area is 111 Å². The SMILES string of the molecule is NCCN1CCC(c2cccc(C(F)(F)F)c2)CC1. The second kappa shape index (κ2) is 5.92. The van der Waals surface area contributed by atoms with E-state index in [1.165, 1.54) is 12.1 Å². The molecule has 1 aromatic rings. The smallest absolute Gasteiger partial charge is 0.329 e. The van der Waals surface area contributed by atoms with Gasteiger partial charge in [0.1, 0.15) is 0 Å². The van der Waals surface area contributed by atoms with Gasteiger partial charge in [-0.3, -0.25) is 0 Å². The minimum atomic E-state index is -4.25. The molecule has 2 rings (SSSR count). The van der Waals surface area contributed by atoms with Crippen LogP contribution in [0.2, 0.25) is 0 Å². The fourth-order valence-corrected chi connectivity index (χ4v) is 2.64. The van der Waals surface area contributed by atoms with Crippen LogP contribution in [0, 0.1) is 0 Å². The summed E-state index contributed by atoms with van der Waals surface area (Å²) in [5, 5.41) is 0. The van der Waals surface area contributed by atoms with Gasteiger partial charge in [-0.25, -0.2) is 0 Å². The number of likely N-dealkylation sites (tertiary alicyclic amines) is 1. The molecular weight excluding hydrogens is 253 g/mol. The molecule has 5 heteroatoms. The van der Waals surface area contributed by atoms with Crippen LogP contribution >= 0.6 is 0 Å². The van der Waals surface area contributed by atoms with Gasteiger partial charge in [0.2, 0.25) is 0 Å². The zero-order valence-electron chi connectivity index (χ0n) is 10.8. The van der Waals surface area contributed by atoms with Crippen molar-refractivity contribution in [2.75, 3.05) is 26.2 Å². The van der Waals surface area contributed by atoms with Crippen LogP contribution in [-0.2, 0) is 6.18 Å². The Bertz CT molecular complexity index is 409. The van der Waals surface area contributed by atoms with Gasteiger partial charge in [-0.15, -0.1) is 0 Å². The average Bonchev–Trinajstić information content (AvgIpc) is 2.39. The molecule has 0 bridgehead atoms. The standard InChI is InChI=1S/C14H19F3N2/c15-14(16,17)13-3-1-2-12(10-13)11-4-7-19(8-5-11)9-6-18/h1-3,10-11H,4-9,18H2. The normalized spacial score (nSPS) is 18.7. The van der Waals surface area contributed by atoms with Gasteiger partial charge in [-0.05, 0) is 43.5 Å². The first-order valence-electron chi connectivity index (χ1n) is 6.60. The molecule has 0 spiro atoms. The Hall–Kier alpha value is -1.07. The van der Waals surface area contributed by atoms with E-state index < -0.39 is 11.7 Å². The maximum atomic E-state index is 12.7. The highest BCUT2D eigenvalue weighted by atomic mass is 19.4. The molecular formula is C14H19F3N2. The third-order valence-electron chi connectivity index (χ3n) is 3.72. The van der Waals surface area contributed by atoms with Crippen molar-refractivity contribution in [3.8, 4) is 0 Å². The molecule has 1 aliphatic heterocycles. The summed E-state index contributed by atoms with van der Waals surface area (Å²) in [4.78, 5) is 2.27. The predicted octanol–water partition coefficient (Wildman–Crippen LogP) is 2.84. The van der Waals surface area contributed by atoms with E-state index in [9.17, 15) is 13.2 Å². The Kier molecular flexibility index (Phi) is 4.47. The van der Waals surface area contributed by atoms with E-state index in [2.05, 4.69) is 4.90 Å². The summed E-state index contributed by atoms with van der Waals surface area (Å²) in [6.45, 7) is 3.33. The van der Waals surface area contributed by atoms with Gasteiger partial charge in [0.15, 0.2) is 0 Å². The minimum Gasteiger partial charge on any atom is -0.329 e. The Morgan fingerprint density at radius 1 is 1.21 bits per heavy atom. The van der Waals surface area contributed by atoms with E-state index >= 15 is 0 Å². The lowest BCUT2D eigenvalue weighted by Crippen LogP contribution is -2.36. The Morgan fingerprint density at radius 3 is 2.47 bits per heavy atom. The number of benzene rings is 1. The van der Waals surface area contributed by atoms with E-state index in [1.54, 1.807) is 6.07 Å². The first-order chi connectivity index (χ1) is 9.00. The highest BCUT2D eigenvalue weighted by molar-refractivity contribution is 5.28. The molecule has 2 nitrogen and oxygen atoms in total. The second-order valence-corrected chi connectivity index (χ2v) is 5.03. The van der Waals surface area contributed by atoms with Crippen molar-refractivity contribution in [1.82, 2.24) is 4.90 Å². The molecule has 1 saturated heterocycles. The molecule has 0 unspecified atom stereocenters. The summed E-state index contributed by atoms with van der Waals surface area (Å²) < 4.78 is 38.0. The number of hydrogen-bond donors (Lipinski definition) is 1. The Balaban J connectivity index is 2.03. The number of rotatable bonds is 3. The van der Waals surface area contributed by atoms with Crippen molar-refractivity contribution >= 4 is 0 Å².